The Bertz CT molecular complexity index is 590. The van der Waals surface area contributed by atoms with Crippen molar-refractivity contribution in [2.24, 2.45) is 11.3 Å². The highest BCUT2D eigenvalue weighted by atomic mass is 16.5. The normalized spacial score (nSPS) is 25.7. The van der Waals surface area contributed by atoms with Gasteiger partial charge < -0.3 is 9.64 Å². The van der Waals surface area contributed by atoms with Crippen molar-refractivity contribution in [1.29, 1.82) is 0 Å². The van der Waals surface area contributed by atoms with Gasteiger partial charge in [0.15, 0.2) is 0 Å². The van der Waals surface area contributed by atoms with E-state index in [-0.39, 0.29) is 17.8 Å². The van der Waals surface area contributed by atoms with E-state index in [1.54, 1.807) is 0 Å². The van der Waals surface area contributed by atoms with Crippen molar-refractivity contribution in [2.45, 2.75) is 47.0 Å². The number of ether oxygens (including phenoxy) is 1. The van der Waals surface area contributed by atoms with Gasteiger partial charge in [0, 0.05) is 12.2 Å². The van der Waals surface area contributed by atoms with Crippen LogP contribution in [-0.2, 0) is 14.3 Å². The van der Waals surface area contributed by atoms with Crippen LogP contribution in [0.3, 0.4) is 0 Å². The summed E-state index contributed by atoms with van der Waals surface area (Å²) in [6.07, 6.45) is 2.46. The Morgan fingerprint density at radius 3 is 2.43 bits per heavy atom. The molecule has 0 radical (unpaired) electrons. The fourth-order valence-corrected chi connectivity index (χ4v) is 4.10. The Morgan fingerprint density at radius 1 is 1.26 bits per heavy atom. The van der Waals surface area contributed by atoms with Crippen molar-refractivity contribution in [1.82, 2.24) is 0 Å². The molecule has 1 heterocycles. The molecule has 4 nitrogen and oxygen atoms in total. The Morgan fingerprint density at radius 2 is 1.87 bits per heavy atom. The number of amides is 1. The first kappa shape index (κ1) is 17.5. The first-order valence-corrected chi connectivity index (χ1v) is 8.47. The molecule has 0 N–H and O–H groups in total. The van der Waals surface area contributed by atoms with Crippen molar-refractivity contribution in [3.05, 3.63) is 29.3 Å². The number of aryl methyl sites for hydroxylation is 2. The lowest BCUT2D eigenvalue weighted by Gasteiger charge is -2.26. The molecule has 1 saturated carbocycles. The molecule has 0 bridgehead atoms. The summed E-state index contributed by atoms with van der Waals surface area (Å²) in [5.41, 5.74) is 2.47. The molecule has 0 spiro atoms. The summed E-state index contributed by atoms with van der Waals surface area (Å²) in [6.45, 7) is 8.47. The minimum atomic E-state index is -0.638. The Kier molecular flexibility index (Phi) is 5.12. The van der Waals surface area contributed by atoms with E-state index in [4.69, 9.17) is 4.74 Å². The zero-order chi connectivity index (χ0) is 17.2. The van der Waals surface area contributed by atoms with Crippen LogP contribution < -0.4 is 4.90 Å². The molecule has 1 aromatic rings. The summed E-state index contributed by atoms with van der Waals surface area (Å²) < 4.78 is 5.01. The second kappa shape index (κ2) is 6.73. The van der Waals surface area contributed by atoms with Crippen LogP contribution in [0.4, 0.5) is 5.69 Å². The predicted octanol–water partition coefficient (Wildman–Crippen LogP) is 3.64. The molecule has 3 rings (SSSR count). The SMILES string of the molecule is CC.COC(=O)C12CCCC1C(=O)N(c1c(C)cccc1C)C2. The first-order chi connectivity index (χ1) is 11.0. The smallest absolute Gasteiger partial charge is 0.314 e. The number of nitrogens with zero attached hydrogens (tertiary/aromatic N) is 1. The Labute approximate surface area is 138 Å². The largest absolute Gasteiger partial charge is 0.469 e. The molecule has 0 aromatic heterocycles. The lowest BCUT2D eigenvalue weighted by atomic mass is 9.80. The summed E-state index contributed by atoms with van der Waals surface area (Å²) in [7, 11) is 1.42. The topological polar surface area (TPSA) is 46.6 Å². The highest BCUT2D eigenvalue weighted by Gasteiger charge is 2.60. The third-order valence-electron chi connectivity index (χ3n) is 5.09. The third-order valence-corrected chi connectivity index (χ3v) is 5.09. The number of benzene rings is 1. The summed E-state index contributed by atoms with van der Waals surface area (Å²) in [6, 6.07) is 6.01. The highest BCUT2D eigenvalue weighted by molar-refractivity contribution is 6.04. The summed E-state index contributed by atoms with van der Waals surface area (Å²) in [5, 5.41) is 0. The van der Waals surface area contributed by atoms with E-state index >= 15 is 0 Å². The molecule has 1 aromatic carbocycles. The van der Waals surface area contributed by atoms with E-state index in [1.165, 1.54) is 7.11 Å². The van der Waals surface area contributed by atoms with E-state index < -0.39 is 5.41 Å². The number of hydrogen-bond acceptors (Lipinski definition) is 3. The van der Waals surface area contributed by atoms with E-state index in [1.807, 2.05) is 50.8 Å². The molecule has 2 aliphatic rings. The second-order valence-corrected chi connectivity index (χ2v) is 6.26. The zero-order valence-electron chi connectivity index (χ0n) is 14.8. The van der Waals surface area contributed by atoms with Gasteiger partial charge in [-0.05, 0) is 37.8 Å². The number of methoxy groups -OCH3 is 1. The molecule has 23 heavy (non-hydrogen) atoms. The maximum atomic E-state index is 12.8. The Balaban J connectivity index is 0.000000924. The predicted molar refractivity (Wildman–Crippen MR) is 91.4 cm³/mol. The molecule has 126 valence electrons. The van der Waals surface area contributed by atoms with E-state index in [9.17, 15) is 9.59 Å². The van der Waals surface area contributed by atoms with Gasteiger partial charge in [0.2, 0.25) is 5.91 Å². The molecule has 2 atom stereocenters. The van der Waals surface area contributed by atoms with Crippen LogP contribution in [0.5, 0.6) is 0 Å². The van der Waals surface area contributed by atoms with E-state index in [0.29, 0.717) is 6.54 Å². The quantitative estimate of drug-likeness (QED) is 0.782. The van der Waals surface area contributed by atoms with Crippen molar-refractivity contribution < 1.29 is 14.3 Å². The van der Waals surface area contributed by atoms with Crippen LogP contribution in [0.2, 0.25) is 0 Å². The van der Waals surface area contributed by atoms with Crippen molar-refractivity contribution in [2.75, 3.05) is 18.6 Å². The van der Waals surface area contributed by atoms with Gasteiger partial charge in [0.05, 0.1) is 18.4 Å². The third kappa shape index (κ3) is 2.64. The fraction of sp³-hybridized carbons (Fsp3) is 0.579. The number of rotatable bonds is 2. The number of carbonyl (C=O) groups is 2. The molecule has 1 amide bonds. The number of fused-ring (bicyclic) bond motifs is 1. The van der Waals surface area contributed by atoms with Crippen molar-refractivity contribution in [3.63, 3.8) is 0 Å². The maximum absolute atomic E-state index is 12.8. The standard InChI is InChI=1S/C17H21NO3.C2H6/c1-11-6-4-7-12(2)14(11)18-10-17(16(20)21-3)9-5-8-13(17)15(18)19;1-2/h4,6-7,13H,5,8-10H2,1-3H3;1-2H3. The van der Waals surface area contributed by atoms with Gasteiger partial charge in [-0.2, -0.15) is 0 Å². The van der Waals surface area contributed by atoms with Crippen LogP contribution in [0.1, 0.15) is 44.2 Å². The summed E-state index contributed by atoms with van der Waals surface area (Å²) >= 11 is 0. The number of hydrogen-bond donors (Lipinski definition) is 0. The van der Waals surface area contributed by atoms with Gasteiger partial charge in [0.25, 0.3) is 0 Å². The molecular formula is C19H27NO3. The monoisotopic (exact) mass is 317 g/mol. The lowest BCUT2D eigenvalue weighted by Crippen LogP contribution is -2.37. The van der Waals surface area contributed by atoms with Gasteiger partial charge in [-0.1, -0.05) is 38.5 Å². The van der Waals surface area contributed by atoms with Crippen LogP contribution in [0.15, 0.2) is 18.2 Å². The molecule has 1 aliphatic carbocycles. The molecule has 4 heteroatoms. The average Bonchev–Trinajstić information content (AvgIpc) is 3.09. The summed E-state index contributed by atoms with van der Waals surface area (Å²) in [4.78, 5) is 27.0. The van der Waals surface area contributed by atoms with Crippen molar-refractivity contribution in [3.8, 4) is 0 Å². The van der Waals surface area contributed by atoms with Gasteiger partial charge >= 0.3 is 5.97 Å². The van der Waals surface area contributed by atoms with Gasteiger partial charge in [-0.25, -0.2) is 0 Å². The summed E-state index contributed by atoms with van der Waals surface area (Å²) in [5.74, 6) is -0.369. The van der Waals surface area contributed by atoms with E-state index in [2.05, 4.69) is 0 Å². The second-order valence-electron chi connectivity index (χ2n) is 6.26. The van der Waals surface area contributed by atoms with Crippen molar-refractivity contribution >= 4 is 17.6 Å². The number of carbonyl (C=O) groups excluding carboxylic acids is 2. The van der Waals surface area contributed by atoms with E-state index in [0.717, 1.165) is 36.1 Å². The van der Waals surface area contributed by atoms with Crippen LogP contribution in [0, 0.1) is 25.2 Å². The molecule has 2 fully saturated rings. The van der Waals surface area contributed by atoms with Crippen LogP contribution in [0.25, 0.3) is 0 Å². The molecule has 1 aliphatic heterocycles. The molecule has 1 saturated heterocycles. The first-order valence-electron chi connectivity index (χ1n) is 8.47. The highest BCUT2D eigenvalue weighted by Crippen LogP contribution is 2.51. The molecule has 2 unspecified atom stereocenters. The van der Waals surface area contributed by atoms with Gasteiger partial charge in [-0.3, -0.25) is 9.59 Å². The minimum absolute atomic E-state index is 0.0790. The number of anilines is 1. The van der Waals surface area contributed by atoms with Crippen LogP contribution in [-0.4, -0.2) is 25.5 Å². The average molecular weight is 317 g/mol. The fourth-order valence-electron chi connectivity index (χ4n) is 4.10. The number of esters is 1. The Hall–Kier alpha value is -1.84. The minimum Gasteiger partial charge on any atom is -0.469 e. The molecular weight excluding hydrogens is 290 g/mol. The lowest BCUT2D eigenvalue weighted by molar-refractivity contribution is -0.154. The maximum Gasteiger partial charge on any atom is 0.314 e. The van der Waals surface area contributed by atoms with Gasteiger partial charge in [-0.15, -0.1) is 0 Å². The van der Waals surface area contributed by atoms with Crippen LogP contribution >= 0.6 is 0 Å². The zero-order valence-corrected chi connectivity index (χ0v) is 14.8. The van der Waals surface area contributed by atoms with Gasteiger partial charge in [0.1, 0.15) is 0 Å². The number of para-hydroxylation sites is 1.